The van der Waals surface area contributed by atoms with Gasteiger partial charge in [-0.1, -0.05) is 18.2 Å². The molecule has 7 heteroatoms. The van der Waals surface area contributed by atoms with Crippen molar-refractivity contribution < 1.29 is 14.3 Å². The Labute approximate surface area is 177 Å². The van der Waals surface area contributed by atoms with Crippen LogP contribution in [0.1, 0.15) is 64.7 Å². The molecule has 2 aliphatic carbocycles. The Kier molecular flexibility index (Phi) is 5.39. The van der Waals surface area contributed by atoms with Crippen molar-refractivity contribution in [2.45, 2.75) is 81.6 Å². The summed E-state index contributed by atoms with van der Waals surface area (Å²) in [6.07, 6.45) is 9.66. The van der Waals surface area contributed by atoms with Crippen molar-refractivity contribution in [2.24, 2.45) is 22.7 Å². The van der Waals surface area contributed by atoms with Gasteiger partial charge in [0.1, 0.15) is 6.10 Å². The Morgan fingerprint density at radius 2 is 2.07 bits per heavy atom. The Morgan fingerprint density at radius 1 is 1.24 bits per heavy atom. The number of ether oxygens (including phenoxy) is 1. The molecule has 0 aromatic carbocycles. The van der Waals surface area contributed by atoms with Crippen molar-refractivity contribution in [1.82, 2.24) is 10.2 Å². The minimum atomic E-state index is -0.429. The van der Waals surface area contributed by atoms with Crippen LogP contribution in [-0.4, -0.2) is 58.5 Å². The van der Waals surface area contributed by atoms with E-state index in [0.717, 1.165) is 62.2 Å². The molecule has 29 heavy (non-hydrogen) atoms. The zero-order chi connectivity index (χ0) is 20.0. The number of hydrogen-bond donors (Lipinski definition) is 1. The molecule has 160 valence electrons. The Morgan fingerprint density at radius 3 is 2.72 bits per heavy atom. The summed E-state index contributed by atoms with van der Waals surface area (Å²) in [6, 6.07) is 0.422. The molecule has 0 aromatic rings. The van der Waals surface area contributed by atoms with Gasteiger partial charge in [-0.15, -0.1) is 0 Å². The van der Waals surface area contributed by atoms with Gasteiger partial charge in [0, 0.05) is 19.7 Å². The highest BCUT2D eigenvalue weighted by Crippen LogP contribution is 2.47. The number of nitrogens with one attached hydrogen (secondary N) is 1. The van der Waals surface area contributed by atoms with E-state index in [4.69, 9.17) is 9.73 Å². The smallest absolute Gasteiger partial charge is 0.251 e. The number of amides is 2. The van der Waals surface area contributed by atoms with Crippen molar-refractivity contribution in [1.29, 1.82) is 0 Å². The second-order valence-electron chi connectivity index (χ2n) is 9.94. The molecule has 3 heterocycles. The monoisotopic (exact) mass is 419 g/mol. The lowest BCUT2D eigenvalue weighted by molar-refractivity contribution is -0.142. The Hall–Kier alpha value is -1.08. The molecular formula is C22H33N3O3S. The van der Waals surface area contributed by atoms with Crippen LogP contribution in [0.15, 0.2) is 4.99 Å². The molecule has 3 aliphatic heterocycles. The van der Waals surface area contributed by atoms with Gasteiger partial charge < -0.3 is 15.0 Å². The van der Waals surface area contributed by atoms with Crippen LogP contribution < -0.4 is 5.32 Å². The molecule has 3 saturated heterocycles. The number of piperidine rings is 1. The van der Waals surface area contributed by atoms with E-state index in [2.05, 4.69) is 12.2 Å². The number of carbonyl (C=O) groups is 2. The standard InChI is InChI=1S/C22H33N3O3S/c1-22(13-14-6-8-25(9-7-14)19(26)18-3-2-10-28-18)20(27)24-21(29-22)23-17-12-15-4-5-16(17)11-15/h14-18H,2-13H2,1H3,(H,23,24,27)/t15-,16+,17+,18-,22?/m1/s1. The number of amidine groups is 1. The van der Waals surface area contributed by atoms with Gasteiger partial charge in [0.2, 0.25) is 5.91 Å². The minimum absolute atomic E-state index is 0.113. The summed E-state index contributed by atoms with van der Waals surface area (Å²) in [4.78, 5) is 32.2. The summed E-state index contributed by atoms with van der Waals surface area (Å²) < 4.78 is 5.13. The number of rotatable bonds is 4. The first-order valence-corrected chi connectivity index (χ1v) is 12.3. The van der Waals surface area contributed by atoms with E-state index in [1.165, 1.54) is 25.7 Å². The molecular weight excluding hydrogens is 386 g/mol. The zero-order valence-corrected chi connectivity index (χ0v) is 18.2. The number of likely N-dealkylation sites (tertiary alicyclic amines) is 1. The number of fused-ring (bicyclic) bond motifs is 2. The highest BCUT2D eigenvalue weighted by Gasteiger charge is 2.46. The SMILES string of the molecule is CC1(CC2CCN(C(=O)[C@H]3CCCO3)CC2)SC(=N[C@H]2C[C@@H]3CC[C@H]2C3)NC1=O. The van der Waals surface area contributed by atoms with Crippen LogP contribution in [0.2, 0.25) is 0 Å². The van der Waals surface area contributed by atoms with E-state index in [0.29, 0.717) is 18.6 Å². The van der Waals surface area contributed by atoms with Crippen LogP contribution in [0.5, 0.6) is 0 Å². The number of aliphatic imine (C=N–C) groups is 1. The van der Waals surface area contributed by atoms with Gasteiger partial charge >= 0.3 is 0 Å². The summed E-state index contributed by atoms with van der Waals surface area (Å²) >= 11 is 1.65. The van der Waals surface area contributed by atoms with E-state index in [1.54, 1.807) is 11.8 Å². The van der Waals surface area contributed by atoms with Crippen molar-refractivity contribution in [2.75, 3.05) is 19.7 Å². The summed E-state index contributed by atoms with van der Waals surface area (Å²) in [5.74, 6) is 2.37. The lowest BCUT2D eigenvalue weighted by Crippen LogP contribution is -2.45. The predicted molar refractivity (Wildman–Crippen MR) is 114 cm³/mol. The molecule has 5 rings (SSSR count). The van der Waals surface area contributed by atoms with Gasteiger partial charge in [0.05, 0.1) is 10.8 Å². The largest absolute Gasteiger partial charge is 0.368 e. The third-order valence-electron chi connectivity index (χ3n) is 7.82. The van der Waals surface area contributed by atoms with Gasteiger partial charge in [-0.2, -0.15) is 0 Å². The number of hydrogen-bond acceptors (Lipinski definition) is 5. The lowest BCUT2D eigenvalue weighted by Gasteiger charge is -2.35. The summed E-state index contributed by atoms with van der Waals surface area (Å²) in [7, 11) is 0. The van der Waals surface area contributed by atoms with Crippen LogP contribution in [0.4, 0.5) is 0 Å². The number of nitrogens with zero attached hydrogens (tertiary/aromatic N) is 2. The second kappa shape index (κ2) is 7.88. The van der Waals surface area contributed by atoms with E-state index >= 15 is 0 Å². The fourth-order valence-electron chi connectivity index (χ4n) is 6.11. The maximum Gasteiger partial charge on any atom is 0.251 e. The van der Waals surface area contributed by atoms with Gasteiger partial charge in [0.15, 0.2) is 5.17 Å². The van der Waals surface area contributed by atoms with E-state index < -0.39 is 4.75 Å². The highest BCUT2D eigenvalue weighted by atomic mass is 32.2. The van der Waals surface area contributed by atoms with Crippen LogP contribution in [-0.2, 0) is 14.3 Å². The van der Waals surface area contributed by atoms with E-state index in [1.807, 2.05) is 4.90 Å². The molecule has 6 nitrogen and oxygen atoms in total. The lowest BCUT2D eigenvalue weighted by atomic mass is 9.87. The Bertz CT molecular complexity index is 699. The molecule has 5 atom stereocenters. The molecule has 0 aromatic heterocycles. The molecule has 2 amide bonds. The number of carbonyl (C=O) groups excluding carboxylic acids is 2. The highest BCUT2D eigenvalue weighted by molar-refractivity contribution is 8.16. The zero-order valence-electron chi connectivity index (χ0n) is 17.4. The van der Waals surface area contributed by atoms with E-state index in [9.17, 15) is 9.59 Å². The second-order valence-corrected chi connectivity index (χ2v) is 11.4. The summed E-state index contributed by atoms with van der Waals surface area (Å²) in [6.45, 7) is 4.36. The first kappa shape index (κ1) is 19.9. The van der Waals surface area contributed by atoms with Crippen molar-refractivity contribution >= 4 is 28.7 Å². The fourth-order valence-corrected chi connectivity index (χ4v) is 7.33. The van der Waals surface area contributed by atoms with Crippen LogP contribution >= 0.6 is 11.8 Å². The summed E-state index contributed by atoms with van der Waals surface area (Å²) in [5.41, 5.74) is 0. The van der Waals surface area contributed by atoms with Crippen LogP contribution in [0.25, 0.3) is 0 Å². The van der Waals surface area contributed by atoms with Crippen molar-refractivity contribution in [3.63, 3.8) is 0 Å². The van der Waals surface area contributed by atoms with Gasteiger partial charge in [-0.25, -0.2) is 0 Å². The molecule has 5 fully saturated rings. The first-order valence-electron chi connectivity index (χ1n) is 11.5. The molecule has 5 aliphatic rings. The Balaban J connectivity index is 1.14. The average Bonchev–Trinajstić information content (AvgIpc) is 3.48. The average molecular weight is 420 g/mol. The van der Waals surface area contributed by atoms with Crippen LogP contribution in [0, 0.1) is 17.8 Å². The predicted octanol–water partition coefficient (Wildman–Crippen LogP) is 2.96. The minimum Gasteiger partial charge on any atom is -0.368 e. The van der Waals surface area contributed by atoms with Crippen LogP contribution in [0.3, 0.4) is 0 Å². The van der Waals surface area contributed by atoms with E-state index in [-0.39, 0.29) is 17.9 Å². The van der Waals surface area contributed by atoms with Gasteiger partial charge in [-0.05, 0) is 76.0 Å². The molecule has 2 bridgehead atoms. The van der Waals surface area contributed by atoms with Gasteiger partial charge in [0.25, 0.3) is 5.91 Å². The first-order chi connectivity index (χ1) is 14.0. The topological polar surface area (TPSA) is 71.0 Å². The third-order valence-corrected chi connectivity index (χ3v) is 9.02. The summed E-state index contributed by atoms with van der Waals surface area (Å²) in [5, 5.41) is 3.93. The maximum absolute atomic E-state index is 12.8. The van der Waals surface area contributed by atoms with Gasteiger partial charge in [-0.3, -0.25) is 14.6 Å². The number of thioether (sulfide) groups is 1. The fraction of sp³-hybridized carbons (Fsp3) is 0.864. The third kappa shape index (κ3) is 3.97. The molecule has 0 radical (unpaired) electrons. The molecule has 0 spiro atoms. The molecule has 2 saturated carbocycles. The van der Waals surface area contributed by atoms with Crippen molar-refractivity contribution in [3.05, 3.63) is 0 Å². The molecule has 1 unspecified atom stereocenters. The van der Waals surface area contributed by atoms with Crippen molar-refractivity contribution in [3.8, 4) is 0 Å². The maximum atomic E-state index is 12.8. The normalized spacial score (nSPS) is 41.5. The molecule has 1 N–H and O–H groups in total. The quantitative estimate of drug-likeness (QED) is 0.761.